The Bertz CT molecular complexity index is 495. The predicted octanol–water partition coefficient (Wildman–Crippen LogP) is 3.98. The lowest BCUT2D eigenvalue weighted by molar-refractivity contribution is 0.106. The molecule has 0 heterocycles. The lowest BCUT2D eigenvalue weighted by atomic mass is 11.8. The fourth-order valence-corrected chi connectivity index (χ4v) is 32.5. The van der Waals surface area contributed by atoms with Crippen LogP contribution in [-0.2, 0) is 24.7 Å². The summed E-state index contributed by atoms with van der Waals surface area (Å²) in [5.74, 6) is 0. The van der Waals surface area contributed by atoms with Crippen LogP contribution in [0.5, 0.6) is 0 Å². The third-order valence-electron chi connectivity index (χ3n) is 2.84. The molecule has 2 N–H and O–H groups in total. The number of rotatable bonds is 12. The smallest absolute Gasteiger partial charge is 0.437 e. The second-order valence-electron chi connectivity index (χ2n) is 11.0. The van der Waals surface area contributed by atoms with Crippen LogP contribution in [0, 0.1) is 0 Å². The molecular weight excluding hydrogens is 493 g/mol. The van der Waals surface area contributed by atoms with Gasteiger partial charge >= 0.3 is 43.3 Å². The summed E-state index contributed by atoms with van der Waals surface area (Å²) >= 11 is 0. The van der Waals surface area contributed by atoms with Gasteiger partial charge in [-0.05, 0) is 91.7 Å². The highest BCUT2D eigenvalue weighted by atomic mass is 28.5. The SMILES string of the molecule is C[Si](C)(C)O[Si](C)(C)O[Si](C)(C)O[Si](O)(O)O[Si](C)(C)O[Si](C)(C)O[Si](C)(C)C. The minimum atomic E-state index is -4.46. The molecule has 29 heavy (non-hydrogen) atoms. The monoisotopic (exact) mass is 536 g/mol. The molecule has 0 aliphatic rings. The minimum Gasteiger partial charge on any atom is -0.437 e. The van der Waals surface area contributed by atoms with Crippen molar-refractivity contribution in [2.75, 3.05) is 0 Å². The lowest BCUT2D eigenvalue weighted by Gasteiger charge is -2.40. The lowest BCUT2D eigenvalue weighted by Crippen LogP contribution is -2.63. The van der Waals surface area contributed by atoms with Gasteiger partial charge in [0.15, 0.2) is 16.6 Å². The van der Waals surface area contributed by atoms with Gasteiger partial charge in [0.05, 0.1) is 0 Å². The molecule has 176 valence electrons. The van der Waals surface area contributed by atoms with Gasteiger partial charge in [-0.25, -0.2) is 0 Å². The van der Waals surface area contributed by atoms with Crippen molar-refractivity contribution in [3.8, 4) is 0 Å². The second kappa shape index (κ2) is 9.59. The van der Waals surface area contributed by atoms with Crippen molar-refractivity contribution >= 4 is 59.9 Å². The van der Waals surface area contributed by atoms with Gasteiger partial charge in [0, 0.05) is 0 Å². The van der Waals surface area contributed by atoms with Crippen molar-refractivity contribution in [1.29, 1.82) is 0 Å². The largest absolute Gasteiger partial charge is 0.655 e. The first kappa shape index (κ1) is 30.2. The molecule has 0 unspecified atom stereocenters. The molecule has 15 heteroatoms. The van der Waals surface area contributed by atoms with E-state index in [2.05, 4.69) is 39.3 Å². The highest BCUT2D eigenvalue weighted by Crippen LogP contribution is 2.26. The maximum Gasteiger partial charge on any atom is 0.655 e. The van der Waals surface area contributed by atoms with Gasteiger partial charge in [0.1, 0.15) is 0 Å². The Hall–Kier alpha value is 1.20. The Morgan fingerprint density at radius 2 is 0.552 bits per heavy atom. The molecule has 0 fully saturated rings. The van der Waals surface area contributed by atoms with E-state index in [0.29, 0.717) is 0 Å². The number of hydrogen-bond donors (Lipinski definition) is 2. The highest BCUT2D eigenvalue weighted by molar-refractivity contribution is 6.89. The van der Waals surface area contributed by atoms with Crippen LogP contribution in [0.15, 0.2) is 0 Å². The molecule has 0 radical (unpaired) electrons. The fraction of sp³-hybridized carbons (Fsp3) is 1.00. The predicted molar refractivity (Wildman–Crippen MR) is 133 cm³/mol. The summed E-state index contributed by atoms with van der Waals surface area (Å²) in [4.78, 5) is 21.1. The summed E-state index contributed by atoms with van der Waals surface area (Å²) in [6, 6.07) is 0. The summed E-state index contributed by atoms with van der Waals surface area (Å²) in [6.07, 6.45) is 0. The summed E-state index contributed by atoms with van der Waals surface area (Å²) in [7, 11) is -18.9. The first-order chi connectivity index (χ1) is 12.2. The van der Waals surface area contributed by atoms with Crippen LogP contribution in [0.3, 0.4) is 0 Å². The van der Waals surface area contributed by atoms with Crippen LogP contribution in [0.4, 0.5) is 0 Å². The second-order valence-corrected chi connectivity index (χ2v) is 36.6. The van der Waals surface area contributed by atoms with Crippen LogP contribution in [0.25, 0.3) is 0 Å². The molecule has 0 aromatic rings. The molecule has 0 saturated heterocycles. The van der Waals surface area contributed by atoms with E-state index in [1.165, 1.54) is 0 Å². The molecule has 0 atom stereocenters. The average Bonchev–Trinajstić information content (AvgIpc) is 2.10. The van der Waals surface area contributed by atoms with Crippen LogP contribution in [0.1, 0.15) is 0 Å². The molecule has 8 nitrogen and oxygen atoms in total. The molecule has 0 saturated carbocycles. The maximum absolute atomic E-state index is 10.6. The van der Waals surface area contributed by atoms with E-state index in [9.17, 15) is 9.59 Å². The molecule has 0 amide bonds. The quantitative estimate of drug-likeness (QED) is 0.362. The van der Waals surface area contributed by atoms with Gasteiger partial charge in [0.25, 0.3) is 0 Å². The normalized spacial score (nSPS) is 15.7. The van der Waals surface area contributed by atoms with Crippen LogP contribution >= 0.6 is 0 Å². The Kier molecular flexibility index (Phi) is 9.99. The van der Waals surface area contributed by atoms with Gasteiger partial charge in [-0.3, -0.25) is 0 Å². The summed E-state index contributed by atoms with van der Waals surface area (Å²) in [5, 5.41) is 0. The molecule has 0 rings (SSSR count). The van der Waals surface area contributed by atoms with Gasteiger partial charge < -0.3 is 34.3 Å². The van der Waals surface area contributed by atoms with E-state index in [1.54, 1.807) is 26.2 Å². The van der Waals surface area contributed by atoms with Crippen molar-refractivity contribution in [1.82, 2.24) is 0 Å². The van der Waals surface area contributed by atoms with Crippen LogP contribution in [0.2, 0.25) is 91.7 Å². The molecule has 0 bridgehead atoms. The van der Waals surface area contributed by atoms with Crippen molar-refractivity contribution < 1.29 is 34.3 Å². The van der Waals surface area contributed by atoms with Crippen molar-refractivity contribution in [2.45, 2.75) is 91.7 Å². The van der Waals surface area contributed by atoms with E-state index in [1.807, 2.05) is 26.2 Å². The Morgan fingerprint density at radius 1 is 0.345 bits per heavy atom. The summed E-state index contributed by atoms with van der Waals surface area (Å²) in [6.45, 7) is 27.5. The Balaban J connectivity index is 5.15. The van der Waals surface area contributed by atoms with Crippen molar-refractivity contribution in [2.24, 2.45) is 0 Å². The van der Waals surface area contributed by atoms with E-state index in [4.69, 9.17) is 24.7 Å². The molecular formula is C14H44O8Si7. The third-order valence-corrected chi connectivity index (χ3v) is 25.6. The first-order valence-electron chi connectivity index (χ1n) is 9.90. The number of hydrogen-bond acceptors (Lipinski definition) is 8. The molecule has 0 aromatic heterocycles. The summed E-state index contributed by atoms with van der Waals surface area (Å²) < 4.78 is 36.1. The third kappa shape index (κ3) is 15.6. The average molecular weight is 537 g/mol. The molecule has 0 spiro atoms. The summed E-state index contributed by atoms with van der Waals surface area (Å²) in [5.41, 5.74) is 0. The van der Waals surface area contributed by atoms with E-state index >= 15 is 0 Å². The van der Waals surface area contributed by atoms with Gasteiger partial charge in [-0.2, -0.15) is 0 Å². The molecule has 0 aromatic carbocycles. The zero-order valence-corrected chi connectivity index (χ0v) is 27.8. The van der Waals surface area contributed by atoms with Gasteiger partial charge in [0.2, 0.25) is 0 Å². The highest BCUT2D eigenvalue weighted by Gasteiger charge is 2.53. The Morgan fingerprint density at radius 3 is 0.759 bits per heavy atom. The van der Waals surface area contributed by atoms with Crippen molar-refractivity contribution in [3.63, 3.8) is 0 Å². The topological polar surface area (TPSA) is 95.8 Å². The van der Waals surface area contributed by atoms with Crippen LogP contribution < -0.4 is 0 Å². The standard InChI is InChI=1S/C14H44O8Si7/c1-23(2,3)17-25(7,8)19-27(11,12)21-29(15,16)22-28(13,14)20-26(9,10)18-24(4,5)6/h15-16H,1-14H3. The minimum absolute atomic E-state index is 1.77. The Labute approximate surface area is 185 Å². The van der Waals surface area contributed by atoms with Gasteiger partial charge in [-0.1, -0.05) is 0 Å². The molecule has 0 aliphatic carbocycles. The molecule has 0 aliphatic heterocycles. The van der Waals surface area contributed by atoms with E-state index < -0.39 is 59.9 Å². The maximum atomic E-state index is 10.6. The zero-order chi connectivity index (χ0) is 23.7. The van der Waals surface area contributed by atoms with Crippen LogP contribution in [-0.4, -0.2) is 69.5 Å². The van der Waals surface area contributed by atoms with Crippen molar-refractivity contribution in [3.05, 3.63) is 0 Å². The van der Waals surface area contributed by atoms with E-state index in [-0.39, 0.29) is 0 Å². The van der Waals surface area contributed by atoms with Gasteiger partial charge in [-0.15, -0.1) is 0 Å². The first-order valence-corrected chi connectivity index (χ1v) is 29.7. The fourth-order valence-electron chi connectivity index (χ4n) is 3.40. The zero-order valence-electron chi connectivity index (χ0n) is 20.8. The van der Waals surface area contributed by atoms with E-state index in [0.717, 1.165) is 0 Å².